The highest BCUT2D eigenvalue weighted by atomic mass is 35.5. The molecule has 32 heavy (non-hydrogen) atoms. The van der Waals surface area contributed by atoms with E-state index in [-0.39, 0.29) is 23.7 Å². The second kappa shape index (κ2) is 9.73. The minimum atomic E-state index is -1.05. The average Bonchev–Trinajstić information content (AvgIpc) is 3.22. The molecule has 2 N–H and O–H groups in total. The monoisotopic (exact) mass is 457 g/mol. The summed E-state index contributed by atoms with van der Waals surface area (Å²) >= 11 is 6.04. The van der Waals surface area contributed by atoms with E-state index < -0.39 is 6.09 Å². The third-order valence-electron chi connectivity index (χ3n) is 6.48. The number of likely N-dealkylation sites (tertiary alicyclic amines) is 1. The fraction of sp³-hybridized carbons (Fsp3) is 0.478. The number of halogens is 1. The number of benzene rings is 1. The predicted octanol–water partition coefficient (Wildman–Crippen LogP) is 3.16. The first-order chi connectivity index (χ1) is 15.4. The minimum Gasteiger partial charge on any atom is -0.465 e. The van der Waals surface area contributed by atoms with Crippen molar-refractivity contribution in [3.63, 3.8) is 0 Å². The molecule has 2 atom stereocenters. The molecule has 3 heterocycles. The van der Waals surface area contributed by atoms with Crippen molar-refractivity contribution in [3.05, 3.63) is 52.8 Å². The first kappa shape index (κ1) is 22.3. The first-order valence-corrected chi connectivity index (χ1v) is 11.3. The summed E-state index contributed by atoms with van der Waals surface area (Å²) in [4.78, 5) is 37.3. The van der Waals surface area contributed by atoms with E-state index in [1.165, 1.54) is 0 Å². The number of aromatic nitrogens is 2. The number of carboxylic acid groups (broad SMARTS) is 1. The SMILES string of the molecule is Cc1ccnc(N2CCC(C(=O)N3C[C@H](CNC(=O)O)[C@H](c4ccc(Cl)cc4)C3)CC2)n1. The molecule has 2 amide bonds. The van der Waals surface area contributed by atoms with Gasteiger partial charge in [0, 0.05) is 67.4 Å². The lowest BCUT2D eigenvalue weighted by atomic mass is 9.89. The zero-order valence-corrected chi connectivity index (χ0v) is 18.8. The maximum absolute atomic E-state index is 13.3. The molecule has 0 saturated carbocycles. The molecule has 2 saturated heterocycles. The molecule has 2 aliphatic rings. The van der Waals surface area contributed by atoms with Crippen LogP contribution in [0, 0.1) is 18.8 Å². The molecule has 0 radical (unpaired) electrons. The lowest BCUT2D eigenvalue weighted by Crippen LogP contribution is -2.42. The van der Waals surface area contributed by atoms with Gasteiger partial charge in [-0.15, -0.1) is 0 Å². The number of nitrogens with one attached hydrogen (secondary N) is 1. The number of carbonyl (C=O) groups excluding carboxylic acids is 1. The van der Waals surface area contributed by atoms with Crippen LogP contribution in [0.3, 0.4) is 0 Å². The van der Waals surface area contributed by atoms with Crippen molar-refractivity contribution in [2.24, 2.45) is 11.8 Å². The summed E-state index contributed by atoms with van der Waals surface area (Å²) in [6, 6.07) is 9.49. The van der Waals surface area contributed by atoms with Crippen LogP contribution in [0.25, 0.3) is 0 Å². The van der Waals surface area contributed by atoms with Crippen molar-refractivity contribution in [2.75, 3.05) is 37.6 Å². The number of carbonyl (C=O) groups is 2. The van der Waals surface area contributed by atoms with E-state index in [4.69, 9.17) is 16.7 Å². The molecular weight excluding hydrogens is 430 g/mol. The quantitative estimate of drug-likeness (QED) is 0.715. The van der Waals surface area contributed by atoms with Crippen LogP contribution in [0.4, 0.5) is 10.7 Å². The van der Waals surface area contributed by atoms with Crippen LogP contribution >= 0.6 is 11.6 Å². The third kappa shape index (κ3) is 5.12. The Hall–Kier alpha value is -2.87. The second-order valence-electron chi connectivity index (χ2n) is 8.61. The Morgan fingerprint density at radius 1 is 1.16 bits per heavy atom. The van der Waals surface area contributed by atoms with Gasteiger partial charge in [0.1, 0.15) is 0 Å². The predicted molar refractivity (Wildman–Crippen MR) is 122 cm³/mol. The van der Waals surface area contributed by atoms with Crippen LogP contribution in [0.5, 0.6) is 0 Å². The van der Waals surface area contributed by atoms with Crippen molar-refractivity contribution < 1.29 is 14.7 Å². The van der Waals surface area contributed by atoms with Crippen LogP contribution < -0.4 is 10.2 Å². The fourth-order valence-corrected chi connectivity index (χ4v) is 4.86. The molecule has 0 spiro atoms. The lowest BCUT2D eigenvalue weighted by molar-refractivity contribution is -0.135. The standard InChI is InChI=1S/C23H28ClN5O3/c1-15-6-9-25-22(27-15)28-10-7-17(8-11-28)21(30)29-13-18(12-26-23(31)32)20(14-29)16-2-4-19(24)5-3-16/h2-6,9,17-18,20,26H,7-8,10-14H2,1H3,(H,31,32)/t18-,20-/m0/s1. The van der Waals surface area contributed by atoms with Crippen LogP contribution in [0.15, 0.2) is 36.5 Å². The summed E-state index contributed by atoms with van der Waals surface area (Å²) < 4.78 is 0. The third-order valence-corrected chi connectivity index (χ3v) is 6.73. The van der Waals surface area contributed by atoms with Gasteiger partial charge in [-0.25, -0.2) is 14.8 Å². The molecule has 0 aliphatic carbocycles. The molecular formula is C23H28ClN5O3. The molecule has 9 heteroatoms. The lowest BCUT2D eigenvalue weighted by Gasteiger charge is -2.33. The Bertz CT molecular complexity index is 962. The van der Waals surface area contributed by atoms with Gasteiger partial charge in [-0.3, -0.25) is 4.79 Å². The fourth-order valence-electron chi connectivity index (χ4n) is 4.74. The number of hydrogen-bond acceptors (Lipinski definition) is 5. The summed E-state index contributed by atoms with van der Waals surface area (Å²) in [6.45, 7) is 4.90. The maximum atomic E-state index is 13.3. The number of nitrogens with zero attached hydrogens (tertiary/aromatic N) is 4. The van der Waals surface area contributed by atoms with E-state index in [2.05, 4.69) is 20.2 Å². The molecule has 2 aromatic rings. The smallest absolute Gasteiger partial charge is 0.404 e. The Morgan fingerprint density at radius 2 is 1.88 bits per heavy atom. The molecule has 0 unspecified atom stereocenters. The number of amides is 2. The van der Waals surface area contributed by atoms with E-state index in [0.29, 0.717) is 24.7 Å². The summed E-state index contributed by atoms with van der Waals surface area (Å²) in [5, 5.41) is 12.2. The first-order valence-electron chi connectivity index (χ1n) is 11.0. The van der Waals surface area contributed by atoms with Crippen molar-refractivity contribution in [1.82, 2.24) is 20.2 Å². The van der Waals surface area contributed by atoms with Gasteiger partial charge >= 0.3 is 6.09 Å². The molecule has 1 aromatic heterocycles. The van der Waals surface area contributed by atoms with Gasteiger partial charge < -0.3 is 20.2 Å². The molecule has 8 nitrogen and oxygen atoms in total. The van der Waals surface area contributed by atoms with Gasteiger partial charge in [-0.05, 0) is 43.5 Å². The normalized spacial score (nSPS) is 21.6. The average molecular weight is 458 g/mol. The van der Waals surface area contributed by atoms with Gasteiger partial charge in [0.05, 0.1) is 0 Å². The van der Waals surface area contributed by atoms with E-state index in [1.807, 2.05) is 42.2 Å². The van der Waals surface area contributed by atoms with Gasteiger partial charge in [-0.2, -0.15) is 0 Å². The largest absolute Gasteiger partial charge is 0.465 e. The van der Waals surface area contributed by atoms with Gasteiger partial charge in [-0.1, -0.05) is 23.7 Å². The van der Waals surface area contributed by atoms with E-state index >= 15 is 0 Å². The summed E-state index contributed by atoms with van der Waals surface area (Å²) in [5.74, 6) is 0.945. The minimum absolute atomic E-state index is 0.0250. The van der Waals surface area contributed by atoms with Crippen LogP contribution in [0.2, 0.25) is 5.02 Å². The van der Waals surface area contributed by atoms with Crippen molar-refractivity contribution in [2.45, 2.75) is 25.7 Å². The molecule has 170 valence electrons. The number of piperidine rings is 1. The highest BCUT2D eigenvalue weighted by molar-refractivity contribution is 6.30. The van der Waals surface area contributed by atoms with Crippen molar-refractivity contribution in [3.8, 4) is 0 Å². The topological polar surface area (TPSA) is 98.7 Å². The van der Waals surface area contributed by atoms with Crippen molar-refractivity contribution in [1.29, 1.82) is 0 Å². The number of aryl methyl sites for hydroxylation is 1. The van der Waals surface area contributed by atoms with Crippen LogP contribution in [-0.4, -0.2) is 64.7 Å². The molecule has 1 aromatic carbocycles. The van der Waals surface area contributed by atoms with E-state index in [0.717, 1.165) is 43.1 Å². The Balaban J connectivity index is 1.40. The van der Waals surface area contributed by atoms with Crippen molar-refractivity contribution >= 4 is 29.5 Å². The highest BCUT2D eigenvalue weighted by Gasteiger charge is 2.39. The van der Waals surface area contributed by atoms with Crippen LogP contribution in [0.1, 0.15) is 30.0 Å². The number of hydrogen-bond donors (Lipinski definition) is 2. The molecule has 4 rings (SSSR count). The molecule has 0 bridgehead atoms. The second-order valence-corrected chi connectivity index (χ2v) is 9.04. The van der Waals surface area contributed by atoms with Gasteiger partial charge in [0.15, 0.2) is 0 Å². The Kier molecular flexibility index (Phi) is 6.79. The van der Waals surface area contributed by atoms with E-state index in [1.54, 1.807) is 6.20 Å². The van der Waals surface area contributed by atoms with E-state index in [9.17, 15) is 9.59 Å². The zero-order valence-electron chi connectivity index (χ0n) is 18.1. The zero-order chi connectivity index (χ0) is 22.7. The molecule has 2 aliphatic heterocycles. The number of anilines is 1. The Labute approximate surface area is 192 Å². The maximum Gasteiger partial charge on any atom is 0.404 e. The molecule has 2 fully saturated rings. The van der Waals surface area contributed by atoms with Gasteiger partial charge in [0.25, 0.3) is 0 Å². The Morgan fingerprint density at radius 3 is 2.53 bits per heavy atom. The summed E-state index contributed by atoms with van der Waals surface area (Å²) in [5.41, 5.74) is 2.01. The summed E-state index contributed by atoms with van der Waals surface area (Å²) in [6.07, 6.45) is 2.24. The highest BCUT2D eigenvalue weighted by Crippen LogP contribution is 2.35. The van der Waals surface area contributed by atoms with Crippen LogP contribution in [-0.2, 0) is 4.79 Å². The number of rotatable bonds is 5. The van der Waals surface area contributed by atoms with Gasteiger partial charge in [0.2, 0.25) is 11.9 Å². The summed E-state index contributed by atoms with van der Waals surface area (Å²) in [7, 11) is 0.